The number of alkyl halides is 2. The Hall–Kier alpha value is -2.09. The molecule has 126 valence electrons. The molecule has 5 nitrogen and oxygen atoms in total. The second kappa shape index (κ2) is 5.77. The molecule has 0 unspecified atom stereocenters. The van der Waals surface area contributed by atoms with E-state index in [1.54, 1.807) is 11.3 Å². The van der Waals surface area contributed by atoms with E-state index in [2.05, 4.69) is 15.0 Å². The van der Waals surface area contributed by atoms with Gasteiger partial charge < -0.3 is 4.90 Å². The molecule has 0 aromatic carbocycles. The Balaban J connectivity index is 1.76. The van der Waals surface area contributed by atoms with E-state index in [1.807, 2.05) is 18.9 Å². The molecule has 3 heterocycles. The van der Waals surface area contributed by atoms with Crippen molar-refractivity contribution in [3.05, 3.63) is 34.5 Å². The predicted octanol–water partition coefficient (Wildman–Crippen LogP) is 3.72. The van der Waals surface area contributed by atoms with Crippen LogP contribution in [0.15, 0.2) is 12.4 Å². The van der Waals surface area contributed by atoms with E-state index < -0.39 is 6.55 Å². The molecule has 0 aliphatic heterocycles. The van der Waals surface area contributed by atoms with Gasteiger partial charge in [0.2, 0.25) is 0 Å². The third-order valence-corrected chi connectivity index (χ3v) is 5.54. The highest BCUT2D eigenvalue weighted by molar-refractivity contribution is 7.19. The highest BCUT2D eigenvalue weighted by Gasteiger charge is 2.24. The third kappa shape index (κ3) is 2.45. The van der Waals surface area contributed by atoms with Crippen LogP contribution < -0.4 is 4.90 Å². The Bertz CT molecular complexity index is 901. The number of rotatable bonds is 4. The smallest absolute Gasteiger partial charge is 0.319 e. The standard InChI is InChI=1S/C16H17F2N5S/c1-9-20-14(13-10-4-3-5-11(10)24-15(13)21-9)22(2)8-12-19-6-7-23(12)16(17)18/h6-7,16H,3-5,8H2,1-2H3. The predicted molar refractivity (Wildman–Crippen MR) is 89.8 cm³/mol. The number of halogens is 2. The number of hydrogen-bond donors (Lipinski definition) is 0. The fourth-order valence-electron chi connectivity index (χ4n) is 3.29. The summed E-state index contributed by atoms with van der Waals surface area (Å²) in [6.07, 6.45) is 5.99. The molecule has 8 heteroatoms. The van der Waals surface area contributed by atoms with Crippen LogP contribution in [-0.2, 0) is 19.4 Å². The zero-order chi connectivity index (χ0) is 16.8. The molecular weight excluding hydrogens is 332 g/mol. The summed E-state index contributed by atoms with van der Waals surface area (Å²) in [5.41, 5.74) is 1.33. The molecule has 0 saturated carbocycles. The average Bonchev–Trinajstić information content (AvgIpc) is 3.20. The van der Waals surface area contributed by atoms with Crippen LogP contribution in [0.1, 0.15) is 35.1 Å². The molecule has 0 atom stereocenters. The number of thiophene rings is 1. The first-order valence-corrected chi connectivity index (χ1v) is 8.66. The number of nitrogens with zero attached hydrogens (tertiary/aromatic N) is 5. The molecule has 1 aliphatic carbocycles. The number of aryl methyl sites for hydroxylation is 3. The number of fused-ring (bicyclic) bond motifs is 3. The normalized spacial score (nSPS) is 13.9. The van der Waals surface area contributed by atoms with E-state index >= 15 is 0 Å². The van der Waals surface area contributed by atoms with Crippen molar-refractivity contribution in [2.24, 2.45) is 0 Å². The van der Waals surface area contributed by atoms with Crippen molar-refractivity contribution >= 4 is 27.4 Å². The van der Waals surface area contributed by atoms with E-state index in [9.17, 15) is 8.78 Å². The van der Waals surface area contributed by atoms with Gasteiger partial charge in [0, 0.05) is 24.3 Å². The third-order valence-electron chi connectivity index (χ3n) is 4.36. The topological polar surface area (TPSA) is 46.8 Å². The number of hydrogen-bond acceptors (Lipinski definition) is 5. The van der Waals surface area contributed by atoms with Crippen molar-refractivity contribution in [2.75, 3.05) is 11.9 Å². The largest absolute Gasteiger partial charge is 0.352 e. The molecule has 0 amide bonds. The summed E-state index contributed by atoms with van der Waals surface area (Å²) in [4.78, 5) is 17.5. The number of imidazole rings is 1. The van der Waals surface area contributed by atoms with E-state index in [4.69, 9.17) is 0 Å². The highest BCUT2D eigenvalue weighted by Crippen LogP contribution is 2.40. The second-order valence-electron chi connectivity index (χ2n) is 6.02. The molecule has 4 rings (SSSR count). The van der Waals surface area contributed by atoms with Gasteiger partial charge >= 0.3 is 6.55 Å². The summed E-state index contributed by atoms with van der Waals surface area (Å²) < 4.78 is 27.0. The Morgan fingerprint density at radius 3 is 2.96 bits per heavy atom. The molecule has 1 aliphatic rings. The van der Waals surface area contributed by atoms with E-state index in [1.165, 1.54) is 22.8 Å². The van der Waals surface area contributed by atoms with E-state index in [0.717, 1.165) is 39.9 Å². The first kappa shape index (κ1) is 15.4. The van der Waals surface area contributed by atoms with Gasteiger partial charge in [0.05, 0.1) is 11.9 Å². The van der Waals surface area contributed by atoms with Crippen molar-refractivity contribution in [1.82, 2.24) is 19.5 Å². The molecule has 0 radical (unpaired) electrons. The molecule has 0 N–H and O–H groups in total. The fraction of sp³-hybridized carbons (Fsp3) is 0.438. The lowest BCUT2D eigenvalue weighted by atomic mass is 10.2. The maximum atomic E-state index is 13.0. The van der Waals surface area contributed by atoms with Crippen LogP contribution in [0, 0.1) is 6.92 Å². The fourth-order valence-corrected chi connectivity index (χ4v) is 4.59. The van der Waals surface area contributed by atoms with Gasteiger partial charge in [-0.15, -0.1) is 11.3 Å². The van der Waals surface area contributed by atoms with Gasteiger partial charge in [-0.05, 0) is 31.7 Å². The Morgan fingerprint density at radius 1 is 1.33 bits per heavy atom. The van der Waals surface area contributed by atoms with Crippen molar-refractivity contribution < 1.29 is 8.78 Å². The Morgan fingerprint density at radius 2 is 2.17 bits per heavy atom. The summed E-state index contributed by atoms with van der Waals surface area (Å²) in [7, 11) is 1.87. The Kier molecular flexibility index (Phi) is 3.71. The van der Waals surface area contributed by atoms with Gasteiger partial charge in [-0.1, -0.05) is 0 Å². The summed E-state index contributed by atoms with van der Waals surface area (Å²) in [5.74, 6) is 1.82. The van der Waals surface area contributed by atoms with Gasteiger partial charge in [0.1, 0.15) is 22.3 Å². The first-order chi connectivity index (χ1) is 11.5. The summed E-state index contributed by atoms with van der Waals surface area (Å²) in [6.45, 7) is -0.455. The lowest BCUT2D eigenvalue weighted by molar-refractivity contribution is 0.0670. The zero-order valence-corrected chi connectivity index (χ0v) is 14.3. The van der Waals surface area contributed by atoms with Crippen LogP contribution in [0.3, 0.4) is 0 Å². The monoisotopic (exact) mass is 349 g/mol. The van der Waals surface area contributed by atoms with Crippen molar-refractivity contribution in [3.63, 3.8) is 0 Å². The molecular formula is C16H17F2N5S. The van der Waals surface area contributed by atoms with Crippen molar-refractivity contribution in [3.8, 4) is 0 Å². The summed E-state index contributed by atoms with van der Waals surface area (Å²) in [6, 6.07) is 0. The minimum absolute atomic E-state index is 0.271. The van der Waals surface area contributed by atoms with Gasteiger partial charge in [0.25, 0.3) is 0 Å². The van der Waals surface area contributed by atoms with Crippen LogP contribution in [0.5, 0.6) is 0 Å². The molecule has 0 spiro atoms. The van der Waals surface area contributed by atoms with Crippen LogP contribution >= 0.6 is 11.3 Å². The van der Waals surface area contributed by atoms with Gasteiger partial charge in [-0.25, -0.2) is 15.0 Å². The van der Waals surface area contributed by atoms with Crippen LogP contribution in [-0.4, -0.2) is 26.6 Å². The van der Waals surface area contributed by atoms with Gasteiger partial charge in [-0.2, -0.15) is 8.78 Å². The molecule has 24 heavy (non-hydrogen) atoms. The maximum absolute atomic E-state index is 13.0. The summed E-state index contributed by atoms with van der Waals surface area (Å²) >= 11 is 1.73. The van der Waals surface area contributed by atoms with Crippen LogP contribution in [0.2, 0.25) is 0 Å². The molecule has 0 fully saturated rings. The number of anilines is 1. The summed E-state index contributed by atoms with van der Waals surface area (Å²) in [5, 5.41) is 1.08. The SMILES string of the molecule is Cc1nc(N(C)Cc2nccn2C(F)F)c2c3c(sc2n1)CCC3. The first-order valence-electron chi connectivity index (χ1n) is 7.84. The lowest BCUT2D eigenvalue weighted by Gasteiger charge is -2.20. The maximum Gasteiger partial charge on any atom is 0.319 e. The minimum Gasteiger partial charge on any atom is -0.352 e. The van der Waals surface area contributed by atoms with E-state index in [0.29, 0.717) is 11.6 Å². The highest BCUT2D eigenvalue weighted by atomic mass is 32.1. The molecule has 0 bridgehead atoms. The van der Waals surface area contributed by atoms with Gasteiger partial charge in [0.15, 0.2) is 0 Å². The molecule has 0 saturated heterocycles. The zero-order valence-electron chi connectivity index (χ0n) is 13.5. The minimum atomic E-state index is -2.59. The lowest BCUT2D eigenvalue weighted by Crippen LogP contribution is -2.21. The molecule has 3 aromatic heterocycles. The second-order valence-corrected chi connectivity index (χ2v) is 7.10. The van der Waals surface area contributed by atoms with Gasteiger partial charge in [-0.3, -0.25) is 4.57 Å². The van der Waals surface area contributed by atoms with Crippen molar-refractivity contribution in [1.29, 1.82) is 0 Å². The quantitative estimate of drug-likeness (QED) is 0.720. The van der Waals surface area contributed by atoms with Crippen molar-refractivity contribution in [2.45, 2.75) is 39.3 Å². The van der Waals surface area contributed by atoms with E-state index in [-0.39, 0.29) is 6.54 Å². The molecule has 3 aromatic rings. The van der Waals surface area contributed by atoms with Crippen LogP contribution in [0.25, 0.3) is 10.2 Å². The Labute approximate surface area is 142 Å². The van der Waals surface area contributed by atoms with Crippen LogP contribution in [0.4, 0.5) is 14.6 Å². The average molecular weight is 349 g/mol. The number of aromatic nitrogens is 4.